The molecule has 31 heavy (non-hydrogen) atoms. The highest BCUT2D eigenvalue weighted by atomic mass is 35.5. The van der Waals surface area contributed by atoms with Crippen molar-refractivity contribution in [3.63, 3.8) is 0 Å². The molecular weight excluding hydrogens is 412 g/mol. The largest absolute Gasteiger partial charge is 0.366 e. The Hall–Kier alpha value is -2.96. The zero-order chi connectivity index (χ0) is 22.0. The molecule has 4 N–H and O–H groups in total. The average Bonchev–Trinajstić information content (AvgIpc) is 2.79. The number of carbonyl (C=O) groups excluding carboxylic acids is 1. The second-order valence-electron chi connectivity index (χ2n) is 8.17. The molecule has 0 saturated heterocycles. The Morgan fingerprint density at radius 3 is 2.52 bits per heavy atom. The standard InChI is InChI=1S/C24H25ClN4O2/c25-19-6-2-5-18(14-19)24(15-26)11-9-20(10-12-24)29-22(30)8-7-21(28-29)16-3-1-4-17(13-16)23(27)31/h1-8,13-14,20H,9-12,15,26H2,(H2,27,31). The topological polar surface area (TPSA) is 104 Å². The monoisotopic (exact) mass is 436 g/mol. The van der Waals surface area contributed by atoms with E-state index in [4.69, 9.17) is 23.1 Å². The van der Waals surface area contributed by atoms with E-state index in [1.807, 2.05) is 24.3 Å². The highest BCUT2D eigenvalue weighted by Gasteiger charge is 2.37. The van der Waals surface area contributed by atoms with Crippen LogP contribution in [0.3, 0.4) is 0 Å². The van der Waals surface area contributed by atoms with Gasteiger partial charge in [-0.1, -0.05) is 35.9 Å². The zero-order valence-corrected chi connectivity index (χ0v) is 17.9. The minimum absolute atomic E-state index is 0.00867. The highest BCUT2D eigenvalue weighted by molar-refractivity contribution is 6.30. The Morgan fingerprint density at radius 1 is 1.10 bits per heavy atom. The summed E-state index contributed by atoms with van der Waals surface area (Å²) >= 11 is 6.21. The Labute approximate surface area is 185 Å². The maximum Gasteiger partial charge on any atom is 0.267 e. The van der Waals surface area contributed by atoms with Gasteiger partial charge in [0, 0.05) is 34.2 Å². The smallest absolute Gasteiger partial charge is 0.267 e. The Morgan fingerprint density at radius 2 is 1.84 bits per heavy atom. The van der Waals surface area contributed by atoms with Gasteiger partial charge < -0.3 is 11.5 Å². The Balaban J connectivity index is 1.60. The van der Waals surface area contributed by atoms with E-state index in [-0.39, 0.29) is 17.0 Å². The van der Waals surface area contributed by atoms with Crippen molar-refractivity contribution in [2.75, 3.05) is 6.54 Å². The van der Waals surface area contributed by atoms with E-state index in [2.05, 4.69) is 11.2 Å². The van der Waals surface area contributed by atoms with Gasteiger partial charge in [-0.25, -0.2) is 4.68 Å². The van der Waals surface area contributed by atoms with Crippen molar-refractivity contribution in [3.05, 3.63) is 87.2 Å². The summed E-state index contributed by atoms with van der Waals surface area (Å²) in [5.41, 5.74) is 14.3. The van der Waals surface area contributed by atoms with Gasteiger partial charge in [-0.2, -0.15) is 5.10 Å². The van der Waals surface area contributed by atoms with Gasteiger partial charge in [0.2, 0.25) is 5.91 Å². The van der Waals surface area contributed by atoms with Crippen LogP contribution in [0, 0.1) is 0 Å². The van der Waals surface area contributed by atoms with Gasteiger partial charge in [-0.3, -0.25) is 9.59 Å². The zero-order valence-electron chi connectivity index (χ0n) is 17.1. The second kappa shape index (κ2) is 8.65. The van der Waals surface area contributed by atoms with Gasteiger partial charge in [0.1, 0.15) is 0 Å². The molecule has 0 unspecified atom stereocenters. The van der Waals surface area contributed by atoms with E-state index in [1.165, 1.54) is 6.07 Å². The number of halogens is 1. The molecule has 0 aliphatic heterocycles. The lowest BCUT2D eigenvalue weighted by atomic mass is 9.68. The third-order valence-electron chi connectivity index (χ3n) is 6.35. The molecule has 1 heterocycles. The summed E-state index contributed by atoms with van der Waals surface area (Å²) in [6.07, 6.45) is 3.29. The molecule has 0 spiro atoms. The molecule has 1 amide bonds. The van der Waals surface area contributed by atoms with Crippen molar-refractivity contribution in [2.24, 2.45) is 11.5 Å². The van der Waals surface area contributed by atoms with E-state index >= 15 is 0 Å². The summed E-state index contributed by atoms with van der Waals surface area (Å²) in [7, 11) is 0. The van der Waals surface area contributed by atoms with Crippen LogP contribution in [0.4, 0.5) is 0 Å². The molecule has 4 rings (SSSR count). The average molecular weight is 437 g/mol. The van der Waals surface area contributed by atoms with Crippen LogP contribution in [0.25, 0.3) is 11.3 Å². The first-order chi connectivity index (χ1) is 14.9. The van der Waals surface area contributed by atoms with Crippen molar-refractivity contribution < 1.29 is 4.79 Å². The molecular formula is C24H25ClN4O2. The van der Waals surface area contributed by atoms with Crippen LogP contribution in [-0.2, 0) is 5.41 Å². The van der Waals surface area contributed by atoms with Crippen LogP contribution in [0.5, 0.6) is 0 Å². The molecule has 1 aromatic heterocycles. The minimum Gasteiger partial charge on any atom is -0.366 e. The third kappa shape index (κ3) is 4.27. The summed E-state index contributed by atoms with van der Waals surface area (Å²) in [5, 5.41) is 5.33. The predicted molar refractivity (Wildman–Crippen MR) is 122 cm³/mol. The number of carbonyl (C=O) groups is 1. The summed E-state index contributed by atoms with van der Waals surface area (Å²) in [6, 6.07) is 18.0. The summed E-state index contributed by atoms with van der Waals surface area (Å²) in [6.45, 7) is 0.530. The number of primary amides is 1. The van der Waals surface area contributed by atoms with Crippen LogP contribution in [0.1, 0.15) is 47.6 Å². The van der Waals surface area contributed by atoms with Crippen molar-refractivity contribution >= 4 is 17.5 Å². The summed E-state index contributed by atoms with van der Waals surface area (Å²) < 4.78 is 1.57. The third-order valence-corrected chi connectivity index (χ3v) is 6.59. The lowest BCUT2D eigenvalue weighted by molar-refractivity contribution is 0.100. The number of hydrogen-bond donors (Lipinski definition) is 2. The van der Waals surface area contributed by atoms with Crippen LogP contribution < -0.4 is 17.0 Å². The quantitative estimate of drug-likeness (QED) is 0.636. The maximum atomic E-state index is 12.6. The Kier molecular flexibility index (Phi) is 5.94. The molecule has 0 bridgehead atoms. The predicted octanol–water partition coefficient (Wildman–Crippen LogP) is 3.67. The number of rotatable bonds is 5. The number of amides is 1. The molecule has 2 aromatic carbocycles. The van der Waals surface area contributed by atoms with Gasteiger partial charge in [0.05, 0.1) is 11.7 Å². The molecule has 1 fully saturated rings. The van der Waals surface area contributed by atoms with Crippen molar-refractivity contribution in [1.82, 2.24) is 9.78 Å². The van der Waals surface area contributed by atoms with Crippen LogP contribution in [0.2, 0.25) is 5.02 Å². The van der Waals surface area contributed by atoms with Crippen LogP contribution in [-0.4, -0.2) is 22.2 Å². The maximum absolute atomic E-state index is 12.6. The van der Waals surface area contributed by atoms with Gasteiger partial charge in [-0.05, 0) is 61.6 Å². The molecule has 1 aliphatic carbocycles. The fraction of sp³-hybridized carbons (Fsp3) is 0.292. The molecule has 7 heteroatoms. The number of benzene rings is 2. The van der Waals surface area contributed by atoms with Gasteiger partial charge >= 0.3 is 0 Å². The van der Waals surface area contributed by atoms with Gasteiger partial charge in [0.25, 0.3) is 5.56 Å². The fourth-order valence-corrected chi connectivity index (χ4v) is 4.69. The molecule has 3 aromatic rings. The summed E-state index contributed by atoms with van der Waals surface area (Å²) in [5.74, 6) is -0.499. The first kappa shape index (κ1) is 21.3. The fourth-order valence-electron chi connectivity index (χ4n) is 4.50. The molecule has 1 saturated carbocycles. The van der Waals surface area contributed by atoms with Crippen LogP contribution >= 0.6 is 11.6 Å². The normalized spacial score (nSPS) is 21.0. The van der Waals surface area contributed by atoms with E-state index < -0.39 is 5.91 Å². The molecule has 0 radical (unpaired) electrons. The molecule has 160 valence electrons. The van der Waals surface area contributed by atoms with Gasteiger partial charge in [0.15, 0.2) is 0 Å². The highest BCUT2D eigenvalue weighted by Crippen LogP contribution is 2.42. The molecule has 1 aliphatic rings. The first-order valence-corrected chi connectivity index (χ1v) is 10.8. The van der Waals surface area contributed by atoms with E-state index in [0.29, 0.717) is 22.8 Å². The SMILES string of the molecule is NCC1(c2cccc(Cl)c2)CCC(n2nc(-c3cccc(C(N)=O)c3)ccc2=O)CC1. The van der Waals surface area contributed by atoms with Crippen LogP contribution in [0.15, 0.2) is 65.5 Å². The number of nitrogens with two attached hydrogens (primary N) is 2. The van der Waals surface area contributed by atoms with Gasteiger partial charge in [-0.15, -0.1) is 0 Å². The number of nitrogens with zero attached hydrogens (tertiary/aromatic N) is 2. The van der Waals surface area contributed by atoms with Crippen molar-refractivity contribution in [3.8, 4) is 11.3 Å². The van der Waals surface area contributed by atoms with E-state index in [9.17, 15) is 9.59 Å². The van der Waals surface area contributed by atoms with Crippen molar-refractivity contribution in [2.45, 2.75) is 37.1 Å². The van der Waals surface area contributed by atoms with E-state index in [1.54, 1.807) is 28.9 Å². The molecule has 6 nitrogen and oxygen atoms in total. The number of hydrogen-bond acceptors (Lipinski definition) is 4. The first-order valence-electron chi connectivity index (χ1n) is 10.4. The number of aromatic nitrogens is 2. The van der Waals surface area contributed by atoms with Crippen molar-refractivity contribution in [1.29, 1.82) is 0 Å². The lowest BCUT2D eigenvalue weighted by Crippen LogP contribution is -2.41. The Bertz CT molecular complexity index is 1170. The molecule has 0 atom stereocenters. The van der Waals surface area contributed by atoms with E-state index in [0.717, 1.165) is 36.8 Å². The minimum atomic E-state index is -0.499. The second-order valence-corrected chi connectivity index (χ2v) is 8.61. The lowest BCUT2D eigenvalue weighted by Gasteiger charge is -2.40. The summed E-state index contributed by atoms with van der Waals surface area (Å²) in [4.78, 5) is 24.1.